The predicted octanol–water partition coefficient (Wildman–Crippen LogP) is 1.88. The average molecular weight is 337 g/mol. The van der Waals surface area contributed by atoms with Gasteiger partial charge in [0.1, 0.15) is 11.7 Å². The Hall–Kier alpha value is -2.93. The van der Waals surface area contributed by atoms with E-state index in [0.29, 0.717) is 18.0 Å². The summed E-state index contributed by atoms with van der Waals surface area (Å²) in [4.78, 5) is 19.8. The molecule has 1 aliphatic heterocycles. The molecule has 128 valence electrons. The van der Waals surface area contributed by atoms with Crippen molar-refractivity contribution >= 4 is 5.91 Å². The van der Waals surface area contributed by atoms with Gasteiger partial charge in [0.25, 0.3) is 0 Å². The highest BCUT2D eigenvalue weighted by atomic mass is 16.5. The van der Waals surface area contributed by atoms with E-state index in [1.165, 1.54) is 5.56 Å². The summed E-state index contributed by atoms with van der Waals surface area (Å²) in [6, 6.07) is 9.44. The van der Waals surface area contributed by atoms with E-state index in [9.17, 15) is 4.79 Å². The molecule has 0 fully saturated rings. The molecule has 0 radical (unpaired) electrons. The third-order valence-corrected chi connectivity index (χ3v) is 4.35. The first-order valence-electron chi connectivity index (χ1n) is 8.26. The van der Waals surface area contributed by atoms with Crippen molar-refractivity contribution in [2.75, 3.05) is 6.54 Å². The summed E-state index contributed by atoms with van der Waals surface area (Å²) in [5.74, 6) is 0.572. The predicted molar refractivity (Wildman–Crippen MR) is 91.6 cm³/mol. The Balaban J connectivity index is 1.41. The molecule has 4 rings (SSSR count). The number of carbonyl (C=O) groups is 1. The summed E-state index contributed by atoms with van der Waals surface area (Å²) < 4.78 is 5.38. The number of aryl methyl sites for hydroxylation is 1. The molecule has 0 spiro atoms. The summed E-state index contributed by atoms with van der Waals surface area (Å²) in [5.41, 5.74) is 4.62. The van der Waals surface area contributed by atoms with Gasteiger partial charge in [0.05, 0.1) is 18.6 Å². The molecule has 2 aromatic heterocycles. The number of carbonyl (C=O) groups excluding carboxylic acids is 1. The molecule has 0 bridgehead atoms. The van der Waals surface area contributed by atoms with Crippen LogP contribution in [0.1, 0.15) is 28.7 Å². The third-order valence-electron chi connectivity index (χ3n) is 4.35. The Kier molecular flexibility index (Phi) is 4.07. The SMILES string of the molecule is Cc1ccc(-c2cc(CNC(=O)[C@@H]3NCCc4[nH]cnc43)no2)cc1. The number of H-pyrrole nitrogens is 1. The topological polar surface area (TPSA) is 95.8 Å². The van der Waals surface area contributed by atoms with Gasteiger partial charge in [-0.15, -0.1) is 0 Å². The lowest BCUT2D eigenvalue weighted by atomic mass is 10.1. The molecule has 0 saturated heterocycles. The van der Waals surface area contributed by atoms with Gasteiger partial charge >= 0.3 is 0 Å². The number of hydrogen-bond acceptors (Lipinski definition) is 5. The van der Waals surface area contributed by atoms with Gasteiger partial charge in [-0.05, 0) is 6.92 Å². The molecule has 3 N–H and O–H groups in total. The van der Waals surface area contributed by atoms with E-state index in [0.717, 1.165) is 29.9 Å². The molecule has 3 aromatic rings. The lowest BCUT2D eigenvalue weighted by molar-refractivity contribution is -0.123. The molecule has 3 heterocycles. The average Bonchev–Trinajstić information content (AvgIpc) is 3.29. The Morgan fingerprint density at radius 3 is 3.04 bits per heavy atom. The lowest BCUT2D eigenvalue weighted by Gasteiger charge is -2.21. The van der Waals surface area contributed by atoms with Crippen molar-refractivity contribution in [2.45, 2.75) is 25.9 Å². The van der Waals surface area contributed by atoms with E-state index in [-0.39, 0.29) is 5.91 Å². The summed E-state index contributed by atoms with van der Waals surface area (Å²) in [5, 5.41) is 10.1. The molecular weight excluding hydrogens is 318 g/mol. The maximum Gasteiger partial charge on any atom is 0.243 e. The summed E-state index contributed by atoms with van der Waals surface area (Å²) in [6.45, 7) is 3.09. The van der Waals surface area contributed by atoms with Gasteiger partial charge in [-0.25, -0.2) is 4.98 Å². The number of nitrogens with zero attached hydrogens (tertiary/aromatic N) is 2. The van der Waals surface area contributed by atoms with Gasteiger partial charge < -0.3 is 20.1 Å². The smallest absolute Gasteiger partial charge is 0.243 e. The molecule has 1 atom stereocenters. The number of rotatable bonds is 4. The second-order valence-electron chi connectivity index (χ2n) is 6.17. The summed E-state index contributed by atoms with van der Waals surface area (Å²) in [7, 11) is 0. The first-order valence-corrected chi connectivity index (χ1v) is 8.26. The zero-order chi connectivity index (χ0) is 17.2. The second-order valence-corrected chi connectivity index (χ2v) is 6.17. The van der Waals surface area contributed by atoms with Crippen LogP contribution in [-0.2, 0) is 17.8 Å². The van der Waals surface area contributed by atoms with Crippen molar-refractivity contribution in [1.29, 1.82) is 0 Å². The number of amides is 1. The number of aromatic amines is 1. The van der Waals surface area contributed by atoms with Crippen LogP contribution in [0.3, 0.4) is 0 Å². The maximum atomic E-state index is 12.5. The van der Waals surface area contributed by atoms with Crippen molar-refractivity contribution in [3.63, 3.8) is 0 Å². The van der Waals surface area contributed by atoms with Crippen LogP contribution in [0.15, 0.2) is 41.2 Å². The highest BCUT2D eigenvalue weighted by molar-refractivity contribution is 5.83. The number of benzene rings is 1. The minimum atomic E-state index is -0.432. The number of hydrogen-bond donors (Lipinski definition) is 3. The van der Waals surface area contributed by atoms with Gasteiger partial charge in [0.15, 0.2) is 5.76 Å². The van der Waals surface area contributed by atoms with Crippen molar-refractivity contribution < 1.29 is 9.32 Å². The van der Waals surface area contributed by atoms with Crippen LogP contribution in [0, 0.1) is 6.92 Å². The number of fused-ring (bicyclic) bond motifs is 1. The molecule has 1 aliphatic rings. The summed E-state index contributed by atoms with van der Waals surface area (Å²) >= 11 is 0. The first kappa shape index (κ1) is 15.6. The van der Waals surface area contributed by atoms with Crippen LogP contribution in [0.5, 0.6) is 0 Å². The van der Waals surface area contributed by atoms with E-state index in [1.54, 1.807) is 6.33 Å². The van der Waals surface area contributed by atoms with Crippen molar-refractivity contribution in [2.24, 2.45) is 0 Å². The Bertz CT molecular complexity index is 881. The zero-order valence-electron chi connectivity index (χ0n) is 13.9. The molecule has 1 amide bonds. The lowest BCUT2D eigenvalue weighted by Crippen LogP contribution is -2.41. The van der Waals surface area contributed by atoms with E-state index >= 15 is 0 Å². The third kappa shape index (κ3) is 3.18. The Morgan fingerprint density at radius 2 is 2.20 bits per heavy atom. The van der Waals surface area contributed by atoms with E-state index < -0.39 is 6.04 Å². The van der Waals surface area contributed by atoms with E-state index in [1.807, 2.05) is 37.3 Å². The van der Waals surface area contributed by atoms with Crippen molar-refractivity contribution in [3.05, 3.63) is 59.3 Å². The fourth-order valence-electron chi connectivity index (χ4n) is 2.96. The van der Waals surface area contributed by atoms with Crippen LogP contribution in [0.2, 0.25) is 0 Å². The number of aromatic nitrogens is 3. The van der Waals surface area contributed by atoms with Gasteiger partial charge in [-0.2, -0.15) is 0 Å². The molecule has 7 heteroatoms. The monoisotopic (exact) mass is 337 g/mol. The molecule has 7 nitrogen and oxygen atoms in total. The molecule has 0 saturated carbocycles. The quantitative estimate of drug-likeness (QED) is 0.675. The van der Waals surface area contributed by atoms with Crippen LogP contribution in [0.25, 0.3) is 11.3 Å². The van der Waals surface area contributed by atoms with Crippen LogP contribution in [0.4, 0.5) is 0 Å². The normalized spacial score (nSPS) is 16.4. The standard InChI is InChI=1S/C18H19N5O2/c1-11-2-4-12(5-3-11)15-8-13(23-25-15)9-20-18(24)17-16-14(6-7-19-17)21-10-22-16/h2-5,8,10,17,19H,6-7,9H2,1H3,(H,20,24)(H,21,22)/t17-/m1/s1. The molecule has 0 unspecified atom stereocenters. The molecule has 0 aliphatic carbocycles. The Morgan fingerprint density at radius 1 is 1.36 bits per heavy atom. The van der Waals surface area contributed by atoms with Crippen LogP contribution < -0.4 is 10.6 Å². The first-order chi connectivity index (χ1) is 12.2. The molecule has 1 aromatic carbocycles. The van der Waals surface area contributed by atoms with Gasteiger partial charge in [0, 0.05) is 30.3 Å². The van der Waals surface area contributed by atoms with Gasteiger partial charge in [-0.3, -0.25) is 4.79 Å². The molecule has 25 heavy (non-hydrogen) atoms. The number of imidazole rings is 1. The minimum Gasteiger partial charge on any atom is -0.356 e. The van der Waals surface area contributed by atoms with Crippen molar-refractivity contribution in [3.8, 4) is 11.3 Å². The van der Waals surface area contributed by atoms with Gasteiger partial charge in [0.2, 0.25) is 5.91 Å². The van der Waals surface area contributed by atoms with Crippen LogP contribution >= 0.6 is 0 Å². The fraction of sp³-hybridized carbons (Fsp3) is 0.278. The molecular formula is C18H19N5O2. The maximum absolute atomic E-state index is 12.5. The highest BCUT2D eigenvalue weighted by Crippen LogP contribution is 2.21. The van der Waals surface area contributed by atoms with E-state index in [4.69, 9.17) is 4.52 Å². The largest absolute Gasteiger partial charge is 0.356 e. The van der Waals surface area contributed by atoms with Crippen molar-refractivity contribution in [1.82, 2.24) is 25.8 Å². The highest BCUT2D eigenvalue weighted by Gasteiger charge is 2.28. The van der Waals surface area contributed by atoms with Gasteiger partial charge in [-0.1, -0.05) is 35.0 Å². The fourth-order valence-corrected chi connectivity index (χ4v) is 2.96. The second kappa shape index (κ2) is 6.52. The minimum absolute atomic E-state index is 0.118. The Labute approximate surface area is 144 Å². The summed E-state index contributed by atoms with van der Waals surface area (Å²) in [6.07, 6.45) is 2.48. The zero-order valence-corrected chi connectivity index (χ0v) is 13.9. The van der Waals surface area contributed by atoms with E-state index in [2.05, 4.69) is 25.8 Å². The number of nitrogens with one attached hydrogen (secondary N) is 3. The van der Waals surface area contributed by atoms with Crippen LogP contribution in [-0.4, -0.2) is 27.6 Å².